The molecule has 2 rings (SSSR count). The van der Waals surface area contributed by atoms with Crippen molar-refractivity contribution in [2.24, 2.45) is 11.8 Å². The van der Waals surface area contributed by atoms with Crippen molar-refractivity contribution in [3.63, 3.8) is 0 Å². The van der Waals surface area contributed by atoms with Gasteiger partial charge < -0.3 is 10.1 Å². The van der Waals surface area contributed by atoms with Crippen LogP contribution in [-0.2, 0) is 0 Å². The molecular weight excluding hydrogens is 210 g/mol. The molecule has 2 heteroatoms. The zero-order chi connectivity index (χ0) is 12.3. The maximum Gasteiger partial charge on any atom is 0.118 e. The van der Waals surface area contributed by atoms with Crippen LogP contribution in [0.15, 0.2) is 24.3 Å². The van der Waals surface area contributed by atoms with E-state index in [4.69, 9.17) is 4.74 Å². The summed E-state index contributed by atoms with van der Waals surface area (Å²) in [5.41, 5.74) is 1.38. The largest absolute Gasteiger partial charge is 0.497 e. The van der Waals surface area contributed by atoms with E-state index in [0.29, 0.717) is 6.04 Å². The van der Waals surface area contributed by atoms with Crippen molar-refractivity contribution in [2.45, 2.75) is 32.2 Å². The van der Waals surface area contributed by atoms with Gasteiger partial charge in [0.05, 0.1) is 7.11 Å². The Morgan fingerprint density at radius 2 is 1.94 bits per heavy atom. The summed E-state index contributed by atoms with van der Waals surface area (Å²) in [5, 5.41) is 3.48. The molecular formula is C15H23NO. The molecule has 94 valence electrons. The molecule has 0 bridgehead atoms. The lowest BCUT2D eigenvalue weighted by Gasteiger charge is -2.23. The molecule has 0 amide bonds. The van der Waals surface area contributed by atoms with E-state index in [9.17, 15) is 0 Å². The van der Waals surface area contributed by atoms with E-state index in [1.165, 1.54) is 24.8 Å². The molecule has 1 aliphatic carbocycles. The molecule has 0 aliphatic heterocycles. The molecule has 1 N–H and O–H groups in total. The highest BCUT2D eigenvalue weighted by Crippen LogP contribution is 2.38. The van der Waals surface area contributed by atoms with Crippen molar-refractivity contribution in [2.75, 3.05) is 14.2 Å². The topological polar surface area (TPSA) is 21.3 Å². The van der Waals surface area contributed by atoms with E-state index >= 15 is 0 Å². The first kappa shape index (κ1) is 12.4. The molecule has 1 aromatic rings. The summed E-state index contributed by atoms with van der Waals surface area (Å²) in [5.74, 6) is 2.60. The molecule has 0 heterocycles. The third kappa shape index (κ3) is 2.81. The third-order valence-corrected chi connectivity index (χ3v) is 3.99. The number of ether oxygens (including phenoxy) is 1. The van der Waals surface area contributed by atoms with Crippen LogP contribution in [0.25, 0.3) is 0 Å². The molecule has 0 spiro atoms. The Morgan fingerprint density at radius 1 is 1.24 bits per heavy atom. The minimum atomic E-state index is 0.492. The van der Waals surface area contributed by atoms with Gasteiger partial charge >= 0.3 is 0 Å². The molecule has 0 aromatic heterocycles. The van der Waals surface area contributed by atoms with Crippen molar-refractivity contribution in [3.8, 4) is 5.75 Å². The normalized spacial score (nSPS) is 25.8. The van der Waals surface area contributed by atoms with Crippen molar-refractivity contribution >= 4 is 0 Å². The van der Waals surface area contributed by atoms with Crippen molar-refractivity contribution in [1.29, 1.82) is 0 Å². The van der Waals surface area contributed by atoms with Gasteiger partial charge in [0, 0.05) is 6.04 Å². The van der Waals surface area contributed by atoms with Crippen molar-refractivity contribution in [3.05, 3.63) is 29.8 Å². The fourth-order valence-electron chi connectivity index (χ4n) is 3.04. The van der Waals surface area contributed by atoms with E-state index in [0.717, 1.165) is 17.6 Å². The van der Waals surface area contributed by atoms with E-state index < -0.39 is 0 Å². The quantitative estimate of drug-likeness (QED) is 0.860. The molecule has 3 atom stereocenters. The van der Waals surface area contributed by atoms with Gasteiger partial charge in [-0.25, -0.2) is 0 Å². The predicted octanol–water partition coefficient (Wildman–Crippen LogP) is 3.39. The SMILES string of the molecule is CNC(c1ccc(OC)cc1)C1CCC(C)C1. The second-order valence-corrected chi connectivity index (χ2v) is 5.22. The summed E-state index contributed by atoms with van der Waals surface area (Å²) in [6.07, 6.45) is 4.06. The van der Waals surface area contributed by atoms with Crippen LogP contribution in [0.4, 0.5) is 0 Å². The van der Waals surface area contributed by atoms with Crippen molar-refractivity contribution in [1.82, 2.24) is 5.32 Å². The Kier molecular flexibility index (Phi) is 4.06. The Labute approximate surface area is 104 Å². The van der Waals surface area contributed by atoms with Crippen LogP contribution in [0.2, 0.25) is 0 Å². The van der Waals surface area contributed by atoms with Crippen LogP contribution < -0.4 is 10.1 Å². The van der Waals surface area contributed by atoms with Crippen LogP contribution in [0.5, 0.6) is 5.75 Å². The summed E-state index contributed by atoms with van der Waals surface area (Å²) in [4.78, 5) is 0. The molecule has 17 heavy (non-hydrogen) atoms. The third-order valence-electron chi connectivity index (χ3n) is 3.99. The van der Waals surface area contributed by atoms with E-state index in [1.807, 2.05) is 0 Å². The summed E-state index contributed by atoms with van der Waals surface area (Å²) in [7, 11) is 3.78. The summed E-state index contributed by atoms with van der Waals surface area (Å²) < 4.78 is 5.20. The number of hydrogen-bond acceptors (Lipinski definition) is 2. The summed E-state index contributed by atoms with van der Waals surface area (Å²) in [6.45, 7) is 2.36. The van der Waals surface area contributed by atoms with Gasteiger partial charge in [-0.3, -0.25) is 0 Å². The molecule has 0 saturated heterocycles. The summed E-state index contributed by atoms with van der Waals surface area (Å²) in [6, 6.07) is 8.97. The molecule has 1 saturated carbocycles. The Balaban J connectivity index is 2.11. The van der Waals surface area contributed by atoms with Crippen LogP contribution in [-0.4, -0.2) is 14.2 Å². The summed E-state index contributed by atoms with van der Waals surface area (Å²) >= 11 is 0. The van der Waals surface area contributed by atoms with Gasteiger partial charge in [0.2, 0.25) is 0 Å². The molecule has 1 aliphatic rings. The molecule has 1 fully saturated rings. The van der Waals surface area contributed by atoms with Crippen LogP contribution in [0.3, 0.4) is 0 Å². The van der Waals surface area contributed by atoms with E-state index in [2.05, 4.69) is 43.6 Å². The lowest BCUT2D eigenvalue weighted by molar-refractivity contribution is 0.378. The Morgan fingerprint density at radius 3 is 2.41 bits per heavy atom. The Bertz CT molecular complexity index is 346. The fourth-order valence-corrected chi connectivity index (χ4v) is 3.04. The molecule has 2 nitrogen and oxygen atoms in total. The van der Waals surface area contributed by atoms with Gasteiger partial charge in [-0.15, -0.1) is 0 Å². The average molecular weight is 233 g/mol. The number of rotatable bonds is 4. The zero-order valence-corrected chi connectivity index (χ0v) is 11.1. The average Bonchev–Trinajstić information content (AvgIpc) is 2.78. The predicted molar refractivity (Wildman–Crippen MR) is 71.3 cm³/mol. The maximum absolute atomic E-state index is 5.20. The smallest absolute Gasteiger partial charge is 0.118 e. The van der Waals surface area contributed by atoms with Gasteiger partial charge in [0.25, 0.3) is 0 Å². The lowest BCUT2D eigenvalue weighted by Crippen LogP contribution is -2.23. The first-order valence-corrected chi connectivity index (χ1v) is 6.55. The van der Waals surface area contributed by atoms with Gasteiger partial charge in [0.15, 0.2) is 0 Å². The van der Waals surface area contributed by atoms with E-state index in [-0.39, 0.29) is 0 Å². The minimum Gasteiger partial charge on any atom is -0.497 e. The van der Waals surface area contributed by atoms with Crippen LogP contribution in [0, 0.1) is 11.8 Å². The number of hydrogen-bond donors (Lipinski definition) is 1. The lowest BCUT2D eigenvalue weighted by atomic mass is 9.91. The highest BCUT2D eigenvalue weighted by molar-refractivity contribution is 5.29. The van der Waals surface area contributed by atoms with Crippen molar-refractivity contribution < 1.29 is 4.74 Å². The van der Waals surface area contributed by atoms with Gasteiger partial charge in [-0.1, -0.05) is 25.5 Å². The first-order chi connectivity index (χ1) is 8.24. The van der Waals surface area contributed by atoms with Gasteiger partial charge in [-0.2, -0.15) is 0 Å². The Hall–Kier alpha value is -1.02. The van der Waals surface area contributed by atoms with Gasteiger partial charge in [0.1, 0.15) is 5.75 Å². The van der Waals surface area contributed by atoms with Gasteiger partial charge in [-0.05, 0) is 49.4 Å². The number of methoxy groups -OCH3 is 1. The van der Waals surface area contributed by atoms with Crippen LogP contribution >= 0.6 is 0 Å². The molecule has 0 radical (unpaired) electrons. The van der Waals surface area contributed by atoms with Crippen LogP contribution in [0.1, 0.15) is 37.8 Å². The fraction of sp³-hybridized carbons (Fsp3) is 0.600. The van der Waals surface area contributed by atoms with E-state index in [1.54, 1.807) is 7.11 Å². The molecule has 1 aromatic carbocycles. The first-order valence-electron chi connectivity index (χ1n) is 6.55. The number of nitrogens with one attached hydrogen (secondary N) is 1. The zero-order valence-electron chi connectivity index (χ0n) is 11.1. The number of benzene rings is 1. The highest BCUT2D eigenvalue weighted by atomic mass is 16.5. The second kappa shape index (κ2) is 5.54. The monoisotopic (exact) mass is 233 g/mol. The molecule has 3 unspecified atom stereocenters. The second-order valence-electron chi connectivity index (χ2n) is 5.22. The highest BCUT2D eigenvalue weighted by Gasteiger charge is 2.28. The maximum atomic E-state index is 5.20. The minimum absolute atomic E-state index is 0.492. The standard InChI is InChI=1S/C15H23NO/c1-11-4-5-13(10-11)15(16-2)12-6-8-14(17-3)9-7-12/h6-9,11,13,15-16H,4-5,10H2,1-3H3.